The van der Waals surface area contributed by atoms with E-state index < -0.39 is 52.0 Å². The number of imide groups is 1. The van der Waals surface area contributed by atoms with E-state index in [1.807, 2.05) is 0 Å². The van der Waals surface area contributed by atoms with Gasteiger partial charge in [-0.15, -0.1) is 0 Å². The molecule has 2 N–H and O–H groups in total. The van der Waals surface area contributed by atoms with Gasteiger partial charge in [-0.1, -0.05) is 60.7 Å². The fourth-order valence-electron chi connectivity index (χ4n) is 3.71. The molecule has 0 saturated carbocycles. The molecule has 1 heterocycles. The predicted octanol–water partition coefficient (Wildman–Crippen LogP) is 3.17. The van der Waals surface area contributed by atoms with E-state index in [0.717, 1.165) is 23.1 Å². The number of hydrogen-bond acceptors (Lipinski definition) is 5. The first-order chi connectivity index (χ1) is 15.8. The molecule has 0 atom stereocenters. The van der Waals surface area contributed by atoms with Crippen LogP contribution in [0.2, 0.25) is 0 Å². The van der Waals surface area contributed by atoms with E-state index in [4.69, 9.17) is 0 Å². The van der Waals surface area contributed by atoms with Gasteiger partial charge in [-0.3, -0.25) is 24.6 Å². The second-order valence-electron chi connectivity index (χ2n) is 7.27. The highest BCUT2D eigenvalue weighted by molar-refractivity contribution is 6.12. The van der Waals surface area contributed by atoms with Crippen LogP contribution in [-0.4, -0.2) is 34.2 Å². The van der Waals surface area contributed by atoms with Crippen LogP contribution in [0.5, 0.6) is 0 Å². The summed E-state index contributed by atoms with van der Waals surface area (Å²) in [5.41, 5.74) is -1.40. The van der Waals surface area contributed by atoms with Gasteiger partial charge in [0, 0.05) is 12.1 Å². The first-order valence-corrected chi connectivity index (χ1v) is 9.82. The topological polar surface area (TPSA) is 122 Å². The van der Waals surface area contributed by atoms with Crippen molar-refractivity contribution in [3.05, 3.63) is 106 Å². The minimum absolute atomic E-state index is 0.422. The highest BCUT2D eigenvalue weighted by Gasteiger charge is 2.54. The minimum Gasteiger partial charge on any atom is -0.322 e. The highest BCUT2D eigenvalue weighted by Crippen LogP contribution is 2.36. The molecule has 3 aromatic carbocycles. The molecule has 0 bridgehead atoms. The Bertz CT molecular complexity index is 1210. The lowest BCUT2D eigenvalue weighted by molar-refractivity contribution is -0.384. The zero-order chi connectivity index (χ0) is 23.6. The minimum atomic E-state index is -1.54. The molecule has 4 amide bonds. The van der Waals surface area contributed by atoms with Crippen LogP contribution in [0.1, 0.15) is 11.1 Å². The van der Waals surface area contributed by atoms with Crippen LogP contribution >= 0.6 is 0 Å². The van der Waals surface area contributed by atoms with Crippen LogP contribution in [0.3, 0.4) is 0 Å². The lowest BCUT2D eigenvalue weighted by atomic mass is 9.82. The first kappa shape index (κ1) is 21.6. The number of anilines is 1. The van der Waals surface area contributed by atoms with E-state index in [2.05, 4.69) is 10.6 Å². The zero-order valence-corrected chi connectivity index (χ0v) is 17.0. The van der Waals surface area contributed by atoms with Crippen LogP contribution < -0.4 is 10.6 Å². The van der Waals surface area contributed by atoms with Crippen molar-refractivity contribution < 1.29 is 23.7 Å². The number of nitro benzene ring substituents is 1. The Labute approximate surface area is 187 Å². The quantitative estimate of drug-likeness (QED) is 0.341. The van der Waals surface area contributed by atoms with Crippen LogP contribution in [0, 0.1) is 15.9 Å². The van der Waals surface area contributed by atoms with E-state index >= 15 is 0 Å². The summed E-state index contributed by atoms with van der Waals surface area (Å²) < 4.78 is 14.0. The van der Waals surface area contributed by atoms with Gasteiger partial charge < -0.3 is 10.6 Å². The van der Waals surface area contributed by atoms with Gasteiger partial charge >= 0.3 is 6.03 Å². The third-order valence-electron chi connectivity index (χ3n) is 5.26. The molecule has 0 aliphatic carbocycles. The molecule has 1 fully saturated rings. The number of amides is 4. The molecule has 1 saturated heterocycles. The van der Waals surface area contributed by atoms with Crippen molar-refractivity contribution in [1.29, 1.82) is 0 Å². The maximum absolute atomic E-state index is 14.0. The van der Waals surface area contributed by atoms with Gasteiger partial charge in [0.2, 0.25) is 5.91 Å². The normalized spacial score (nSPS) is 14.6. The maximum atomic E-state index is 14.0. The molecule has 166 valence electrons. The van der Waals surface area contributed by atoms with Gasteiger partial charge in [0.1, 0.15) is 12.4 Å². The molecule has 4 rings (SSSR count). The SMILES string of the molecule is O=C(CN1C(=O)NC(c2ccccc2)(c2ccccc2)C1=O)Nc1cc([N+](=O)[O-])ccc1F. The lowest BCUT2D eigenvalue weighted by Crippen LogP contribution is -2.45. The standard InChI is InChI=1S/C23H17FN4O5/c24-18-12-11-17(28(32)33)13-19(18)25-20(29)14-27-21(30)23(26-22(27)31,15-7-3-1-4-8-15)16-9-5-2-6-10-16/h1-13H,14H2,(H,25,29)(H,26,31). The van der Waals surface area contributed by atoms with Gasteiger partial charge in [-0.05, 0) is 17.2 Å². The van der Waals surface area contributed by atoms with Gasteiger partial charge in [0.15, 0.2) is 5.54 Å². The molecule has 1 aliphatic rings. The van der Waals surface area contributed by atoms with E-state index in [0.29, 0.717) is 11.1 Å². The smallest absolute Gasteiger partial charge is 0.322 e. The lowest BCUT2D eigenvalue weighted by Gasteiger charge is -2.28. The Morgan fingerprint density at radius 1 is 1.00 bits per heavy atom. The molecule has 0 spiro atoms. The second-order valence-corrected chi connectivity index (χ2v) is 7.27. The zero-order valence-electron chi connectivity index (χ0n) is 17.0. The number of nitro groups is 1. The van der Waals surface area contributed by atoms with Crippen molar-refractivity contribution in [1.82, 2.24) is 10.2 Å². The van der Waals surface area contributed by atoms with E-state index in [9.17, 15) is 28.9 Å². The van der Waals surface area contributed by atoms with Crippen molar-refractivity contribution in [3.63, 3.8) is 0 Å². The summed E-state index contributed by atoms with van der Waals surface area (Å²) in [5, 5.41) is 15.8. The number of rotatable bonds is 6. The van der Waals surface area contributed by atoms with Crippen molar-refractivity contribution in [2.75, 3.05) is 11.9 Å². The highest BCUT2D eigenvalue weighted by atomic mass is 19.1. The molecule has 9 nitrogen and oxygen atoms in total. The van der Waals surface area contributed by atoms with Crippen molar-refractivity contribution in [2.45, 2.75) is 5.54 Å². The third kappa shape index (κ3) is 3.89. The van der Waals surface area contributed by atoms with E-state index in [1.54, 1.807) is 60.7 Å². The Kier molecular flexibility index (Phi) is 5.57. The largest absolute Gasteiger partial charge is 0.326 e. The monoisotopic (exact) mass is 448 g/mol. The summed E-state index contributed by atoms with van der Waals surface area (Å²) in [4.78, 5) is 49.8. The number of nitrogens with zero attached hydrogens (tertiary/aromatic N) is 2. The number of carbonyl (C=O) groups is 3. The Morgan fingerprint density at radius 2 is 1.58 bits per heavy atom. The average Bonchev–Trinajstić information content (AvgIpc) is 3.07. The molecule has 3 aromatic rings. The molecular formula is C23H17FN4O5. The molecule has 33 heavy (non-hydrogen) atoms. The van der Waals surface area contributed by atoms with Gasteiger partial charge in [0.25, 0.3) is 11.6 Å². The fraction of sp³-hybridized carbons (Fsp3) is 0.0870. The average molecular weight is 448 g/mol. The van der Waals surface area contributed by atoms with Crippen LogP contribution in [-0.2, 0) is 15.1 Å². The molecule has 10 heteroatoms. The predicted molar refractivity (Wildman–Crippen MR) is 116 cm³/mol. The van der Waals surface area contributed by atoms with Crippen molar-refractivity contribution in [3.8, 4) is 0 Å². The number of halogens is 1. The number of nitrogens with one attached hydrogen (secondary N) is 2. The van der Waals surface area contributed by atoms with Gasteiger partial charge in [-0.2, -0.15) is 0 Å². The van der Waals surface area contributed by atoms with Crippen LogP contribution in [0.25, 0.3) is 0 Å². The van der Waals surface area contributed by atoms with Crippen LogP contribution in [0.15, 0.2) is 78.9 Å². The fourth-order valence-corrected chi connectivity index (χ4v) is 3.71. The summed E-state index contributed by atoms with van der Waals surface area (Å²) in [6.07, 6.45) is 0. The molecule has 1 aliphatic heterocycles. The number of urea groups is 1. The Morgan fingerprint density at radius 3 is 2.12 bits per heavy atom. The van der Waals surface area contributed by atoms with E-state index in [-0.39, 0.29) is 0 Å². The molecule has 0 radical (unpaired) electrons. The molecular weight excluding hydrogens is 431 g/mol. The molecule has 0 aromatic heterocycles. The van der Waals surface area contributed by atoms with E-state index in [1.165, 1.54) is 0 Å². The molecule has 0 unspecified atom stereocenters. The summed E-state index contributed by atoms with van der Waals surface area (Å²) in [6.45, 7) is -0.714. The Hall–Kier alpha value is -4.60. The summed E-state index contributed by atoms with van der Waals surface area (Å²) in [7, 11) is 0. The van der Waals surface area contributed by atoms with Gasteiger partial charge in [0.05, 0.1) is 10.6 Å². The maximum Gasteiger partial charge on any atom is 0.326 e. The number of hydrogen-bond donors (Lipinski definition) is 2. The van der Waals surface area contributed by atoms with Crippen LogP contribution in [0.4, 0.5) is 20.6 Å². The summed E-state index contributed by atoms with van der Waals surface area (Å²) in [5.74, 6) is -2.47. The number of benzene rings is 3. The second kappa shape index (κ2) is 8.50. The number of non-ortho nitro benzene ring substituents is 1. The number of carbonyl (C=O) groups excluding carboxylic acids is 3. The Balaban J connectivity index is 1.63. The summed E-state index contributed by atoms with van der Waals surface area (Å²) in [6, 6.07) is 19.0. The van der Waals surface area contributed by atoms with Crippen molar-refractivity contribution in [2.24, 2.45) is 0 Å². The third-order valence-corrected chi connectivity index (χ3v) is 5.26. The first-order valence-electron chi connectivity index (χ1n) is 9.82. The summed E-state index contributed by atoms with van der Waals surface area (Å²) >= 11 is 0. The van der Waals surface area contributed by atoms with Crippen molar-refractivity contribution >= 4 is 29.2 Å². The van der Waals surface area contributed by atoms with Gasteiger partial charge in [-0.25, -0.2) is 9.18 Å².